The van der Waals surface area contributed by atoms with Crippen molar-refractivity contribution in [1.82, 2.24) is 19.5 Å². The molecule has 3 aromatic rings. The van der Waals surface area contributed by atoms with Crippen molar-refractivity contribution in [3.05, 3.63) is 35.1 Å². The van der Waals surface area contributed by atoms with E-state index in [1.807, 2.05) is 25.3 Å². The lowest BCUT2D eigenvalue weighted by molar-refractivity contribution is 0.248. The van der Waals surface area contributed by atoms with Crippen LogP contribution in [0.15, 0.2) is 24.5 Å². The van der Waals surface area contributed by atoms with Gasteiger partial charge in [0, 0.05) is 18.7 Å². The molecule has 150 valence electrons. The second-order valence-corrected chi connectivity index (χ2v) is 7.28. The second-order valence-electron chi connectivity index (χ2n) is 6.88. The number of aliphatic hydroxyl groups is 1. The highest BCUT2D eigenvalue weighted by Gasteiger charge is 2.17. The largest absolute Gasteiger partial charge is 0.506 e. The molecule has 0 aliphatic rings. The van der Waals surface area contributed by atoms with Crippen LogP contribution < -0.4 is 10.6 Å². The van der Waals surface area contributed by atoms with Crippen LogP contribution in [0.25, 0.3) is 11.2 Å². The maximum atomic E-state index is 10.1. The van der Waals surface area contributed by atoms with Gasteiger partial charge in [0.1, 0.15) is 5.75 Å². The van der Waals surface area contributed by atoms with Crippen LogP contribution in [0, 0.1) is 5.92 Å². The number of aromatic nitrogens is 4. The van der Waals surface area contributed by atoms with Gasteiger partial charge in [0.25, 0.3) is 0 Å². The first kappa shape index (κ1) is 20.2. The predicted molar refractivity (Wildman–Crippen MR) is 111 cm³/mol. The molecule has 0 saturated heterocycles. The highest BCUT2D eigenvalue weighted by Crippen LogP contribution is 2.28. The molecule has 1 aromatic carbocycles. The van der Waals surface area contributed by atoms with Gasteiger partial charge in [-0.25, -0.2) is 4.98 Å². The Labute approximate surface area is 168 Å². The summed E-state index contributed by atoms with van der Waals surface area (Å²) in [6, 6.07) is 5.04. The number of hydrogen-bond donors (Lipinski definition) is 4. The van der Waals surface area contributed by atoms with Crippen molar-refractivity contribution in [3.8, 4) is 5.75 Å². The fraction of sp³-hybridized carbons (Fsp3) is 0.421. The minimum atomic E-state index is -0.166. The van der Waals surface area contributed by atoms with E-state index in [1.165, 1.54) is 0 Å². The fourth-order valence-corrected chi connectivity index (χ4v) is 3.03. The van der Waals surface area contributed by atoms with Crippen LogP contribution in [-0.2, 0) is 13.1 Å². The quantitative estimate of drug-likeness (QED) is 0.456. The van der Waals surface area contributed by atoms with Crippen LogP contribution in [0.4, 0.5) is 11.8 Å². The van der Waals surface area contributed by atoms with E-state index in [4.69, 9.17) is 11.6 Å². The summed E-state index contributed by atoms with van der Waals surface area (Å²) >= 11 is 5.99. The molecule has 4 N–H and O–H groups in total. The van der Waals surface area contributed by atoms with E-state index in [0.29, 0.717) is 40.1 Å². The van der Waals surface area contributed by atoms with E-state index in [0.717, 1.165) is 6.54 Å². The minimum absolute atomic E-state index is 0.0226. The number of nitrogens with zero attached hydrogens (tertiary/aromatic N) is 4. The number of aromatic hydroxyl groups is 1. The van der Waals surface area contributed by atoms with E-state index in [9.17, 15) is 10.2 Å². The Morgan fingerprint density at radius 2 is 2.04 bits per heavy atom. The van der Waals surface area contributed by atoms with Crippen molar-refractivity contribution in [2.75, 3.05) is 17.2 Å². The summed E-state index contributed by atoms with van der Waals surface area (Å²) in [6.45, 7) is 7.07. The average Bonchev–Trinajstić information content (AvgIpc) is 3.10. The maximum absolute atomic E-state index is 10.1. The summed E-state index contributed by atoms with van der Waals surface area (Å²) in [5.41, 5.74) is 1.98. The zero-order valence-electron chi connectivity index (χ0n) is 16.1. The number of nitrogens with one attached hydrogen (secondary N) is 2. The van der Waals surface area contributed by atoms with E-state index < -0.39 is 0 Å². The summed E-state index contributed by atoms with van der Waals surface area (Å²) in [5.74, 6) is 1.20. The fourth-order valence-electron chi connectivity index (χ4n) is 2.83. The number of hydrogen-bond acceptors (Lipinski definition) is 7. The van der Waals surface area contributed by atoms with Crippen LogP contribution in [0.1, 0.15) is 26.3 Å². The van der Waals surface area contributed by atoms with Crippen LogP contribution in [0.5, 0.6) is 5.75 Å². The first-order chi connectivity index (χ1) is 13.4. The molecule has 0 bridgehead atoms. The van der Waals surface area contributed by atoms with Gasteiger partial charge in [0.05, 0.1) is 24.0 Å². The van der Waals surface area contributed by atoms with Crippen molar-refractivity contribution < 1.29 is 10.2 Å². The molecule has 1 unspecified atom stereocenters. The van der Waals surface area contributed by atoms with E-state index in [-0.39, 0.29) is 24.3 Å². The second kappa shape index (κ2) is 8.62. The molecule has 0 fully saturated rings. The van der Waals surface area contributed by atoms with Gasteiger partial charge in [0.15, 0.2) is 17.0 Å². The topological polar surface area (TPSA) is 108 Å². The standard InChI is InChI=1S/C19H25ClN6O2/c1-4-26-10-22-15-17(21-8-12-6-5-7-13(20)16(12)28)24-19(25-18(15)26)23-14(9-27)11(2)3/h5-7,10-11,14,27-28H,4,8-9H2,1-3H3,(H2,21,23,24,25). The number of rotatable bonds is 8. The Morgan fingerprint density at radius 1 is 1.25 bits per heavy atom. The van der Waals surface area contributed by atoms with E-state index >= 15 is 0 Å². The first-order valence-corrected chi connectivity index (χ1v) is 9.62. The lowest BCUT2D eigenvalue weighted by atomic mass is 10.1. The smallest absolute Gasteiger partial charge is 0.227 e. The molecule has 0 aliphatic heterocycles. The summed E-state index contributed by atoms with van der Waals surface area (Å²) in [5, 5.41) is 26.5. The van der Waals surface area contributed by atoms with Crippen molar-refractivity contribution in [2.24, 2.45) is 5.92 Å². The van der Waals surface area contributed by atoms with Crippen molar-refractivity contribution in [3.63, 3.8) is 0 Å². The van der Waals surface area contributed by atoms with Crippen LogP contribution in [0.3, 0.4) is 0 Å². The molecular weight excluding hydrogens is 380 g/mol. The maximum Gasteiger partial charge on any atom is 0.227 e. The van der Waals surface area contributed by atoms with Crippen molar-refractivity contribution >= 4 is 34.5 Å². The predicted octanol–water partition coefficient (Wildman–Crippen LogP) is 3.25. The normalized spacial score (nSPS) is 12.5. The number of aryl methyl sites for hydroxylation is 1. The van der Waals surface area contributed by atoms with Gasteiger partial charge in [-0.1, -0.05) is 37.6 Å². The van der Waals surface area contributed by atoms with Crippen LogP contribution >= 0.6 is 11.6 Å². The first-order valence-electron chi connectivity index (χ1n) is 9.25. The SMILES string of the molecule is CCn1cnc2c(NCc3cccc(Cl)c3O)nc(NC(CO)C(C)C)nc21. The summed E-state index contributed by atoms with van der Waals surface area (Å²) < 4.78 is 1.92. The summed E-state index contributed by atoms with van der Waals surface area (Å²) in [4.78, 5) is 13.6. The van der Waals surface area contributed by atoms with E-state index in [2.05, 4.69) is 25.6 Å². The van der Waals surface area contributed by atoms with Crippen molar-refractivity contribution in [1.29, 1.82) is 0 Å². The number of aliphatic hydroxyl groups excluding tert-OH is 1. The molecule has 3 rings (SSSR count). The molecule has 1 atom stereocenters. The van der Waals surface area contributed by atoms with Gasteiger partial charge in [-0.15, -0.1) is 0 Å². The molecule has 8 nitrogen and oxygen atoms in total. The molecule has 2 aromatic heterocycles. The summed E-state index contributed by atoms with van der Waals surface area (Å²) in [6.07, 6.45) is 1.72. The lowest BCUT2D eigenvalue weighted by Gasteiger charge is -2.20. The zero-order chi connectivity index (χ0) is 20.3. The van der Waals surface area contributed by atoms with Crippen LogP contribution in [0.2, 0.25) is 5.02 Å². The van der Waals surface area contributed by atoms with Crippen molar-refractivity contribution in [2.45, 2.75) is 39.9 Å². The third kappa shape index (κ3) is 4.13. The van der Waals surface area contributed by atoms with Gasteiger partial charge in [-0.2, -0.15) is 9.97 Å². The number of imidazole rings is 1. The number of anilines is 2. The van der Waals surface area contributed by atoms with Crippen LogP contribution in [-0.4, -0.2) is 42.4 Å². The Bertz CT molecular complexity index is 959. The number of benzene rings is 1. The number of para-hydroxylation sites is 1. The number of halogens is 1. The van der Waals surface area contributed by atoms with Gasteiger partial charge >= 0.3 is 0 Å². The molecule has 0 radical (unpaired) electrons. The number of phenols is 1. The Morgan fingerprint density at radius 3 is 2.71 bits per heavy atom. The molecular formula is C19H25ClN6O2. The number of phenolic OH excluding ortho intramolecular Hbond substituents is 1. The Kier molecular flexibility index (Phi) is 6.21. The molecule has 0 aliphatic carbocycles. The Balaban J connectivity index is 1.95. The Hall–Kier alpha value is -2.58. The lowest BCUT2D eigenvalue weighted by Crippen LogP contribution is -2.30. The molecule has 9 heteroatoms. The minimum Gasteiger partial charge on any atom is -0.506 e. The molecule has 28 heavy (non-hydrogen) atoms. The molecule has 0 amide bonds. The van der Waals surface area contributed by atoms with E-state index in [1.54, 1.807) is 24.5 Å². The average molecular weight is 405 g/mol. The number of fused-ring (bicyclic) bond motifs is 1. The summed E-state index contributed by atoms with van der Waals surface area (Å²) in [7, 11) is 0. The highest BCUT2D eigenvalue weighted by atomic mass is 35.5. The molecule has 0 saturated carbocycles. The zero-order valence-corrected chi connectivity index (χ0v) is 16.9. The molecule has 2 heterocycles. The highest BCUT2D eigenvalue weighted by molar-refractivity contribution is 6.32. The monoisotopic (exact) mass is 404 g/mol. The molecule has 0 spiro atoms. The van der Waals surface area contributed by atoms with Gasteiger partial charge < -0.3 is 25.4 Å². The third-order valence-corrected chi connectivity index (χ3v) is 4.94. The van der Waals surface area contributed by atoms with Gasteiger partial charge in [-0.05, 0) is 18.9 Å². The van der Waals surface area contributed by atoms with Gasteiger partial charge in [0.2, 0.25) is 5.95 Å². The third-order valence-electron chi connectivity index (χ3n) is 4.64. The van der Waals surface area contributed by atoms with Gasteiger partial charge in [-0.3, -0.25) is 0 Å².